The zero-order valence-corrected chi connectivity index (χ0v) is 19.3. The lowest BCUT2D eigenvalue weighted by Gasteiger charge is -2.27. The normalized spacial score (nSPS) is 25.5. The lowest BCUT2D eigenvalue weighted by atomic mass is 9.90. The van der Waals surface area contributed by atoms with Gasteiger partial charge in [0.25, 0.3) is 0 Å². The molecule has 1 aromatic heterocycles. The highest BCUT2D eigenvalue weighted by molar-refractivity contribution is 5.94. The number of fused-ring (bicyclic) bond motifs is 2. The van der Waals surface area contributed by atoms with Gasteiger partial charge >= 0.3 is 5.97 Å². The molecule has 4 unspecified atom stereocenters. The van der Waals surface area contributed by atoms with Crippen molar-refractivity contribution in [2.45, 2.75) is 45.2 Å². The van der Waals surface area contributed by atoms with Crippen molar-refractivity contribution in [3.8, 4) is 6.07 Å². The minimum Gasteiger partial charge on any atom is -0.478 e. The molecular formula is C27H27N5O2. The quantitative estimate of drug-likeness (QED) is 0.565. The van der Waals surface area contributed by atoms with Crippen LogP contribution in [0.3, 0.4) is 0 Å². The number of carbonyl (C=O) groups is 1. The molecule has 2 N–H and O–H groups in total. The highest BCUT2D eigenvalue weighted by Gasteiger charge is 2.54. The summed E-state index contributed by atoms with van der Waals surface area (Å²) in [5.74, 6) is 1.99. The molecule has 3 aliphatic rings. The summed E-state index contributed by atoms with van der Waals surface area (Å²) in [6, 6.07) is 13.5. The number of para-hydroxylation sites is 1. The molecule has 1 saturated heterocycles. The Morgan fingerprint density at radius 3 is 2.79 bits per heavy atom. The Morgan fingerprint density at radius 2 is 2.06 bits per heavy atom. The fraction of sp³-hybridized carbons (Fsp3) is 0.407. The number of rotatable bonds is 5. The number of hydrogen-bond donors (Lipinski definition) is 2. The van der Waals surface area contributed by atoms with Crippen LogP contribution < -0.4 is 10.2 Å². The van der Waals surface area contributed by atoms with E-state index in [4.69, 9.17) is 9.97 Å². The molecule has 1 aliphatic heterocycles. The molecule has 2 aliphatic carbocycles. The molecule has 5 atom stereocenters. The number of anilines is 2. The first-order valence-electron chi connectivity index (χ1n) is 12.0. The van der Waals surface area contributed by atoms with Crippen LogP contribution in [-0.4, -0.2) is 33.6 Å². The van der Waals surface area contributed by atoms with E-state index in [9.17, 15) is 15.2 Å². The minimum absolute atomic E-state index is 0.205. The molecule has 0 radical (unpaired) electrons. The standard InChI is InChI=1S/C27H27N5O2/c1-14-7-19(15(2)29-21-6-4-3-5-18(21)27(33)34)25-22(8-14)30-23(12-28)26(31-25)32-13-17-9-16-10-20(17)24(32)11-16/h3-8,15-17,20,24,29H,9-11,13H2,1-2H3,(H,33,34)/t15-,16?,17?,20?,24?/m1/s1. The first kappa shape index (κ1) is 20.9. The number of benzene rings is 2. The third kappa shape index (κ3) is 3.20. The number of carboxylic acid groups (broad SMARTS) is 1. The predicted molar refractivity (Wildman–Crippen MR) is 130 cm³/mol. The molecule has 0 spiro atoms. The fourth-order valence-electron chi connectivity index (χ4n) is 6.69. The summed E-state index contributed by atoms with van der Waals surface area (Å²) >= 11 is 0. The van der Waals surface area contributed by atoms with Crippen LogP contribution in [0.15, 0.2) is 36.4 Å². The van der Waals surface area contributed by atoms with Crippen LogP contribution in [0.4, 0.5) is 11.5 Å². The van der Waals surface area contributed by atoms with E-state index in [0.717, 1.165) is 35.0 Å². The van der Waals surface area contributed by atoms with E-state index < -0.39 is 5.97 Å². The highest BCUT2D eigenvalue weighted by atomic mass is 16.4. The number of aryl methyl sites for hydroxylation is 1. The number of hydrogen-bond acceptors (Lipinski definition) is 6. The number of aromatic nitrogens is 2. The van der Waals surface area contributed by atoms with Gasteiger partial charge in [0.1, 0.15) is 6.07 Å². The Hall–Kier alpha value is -3.66. The van der Waals surface area contributed by atoms with Gasteiger partial charge in [0, 0.05) is 23.8 Å². The summed E-state index contributed by atoms with van der Waals surface area (Å²) in [6.45, 7) is 4.96. The second-order valence-electron chi connectivity index (χ2n) is 10.2. The van der Waals surface area contributed by atoms with E-state index in [2.05, 4.69) is 22.4 Å². The zero-order valence-electron chi connectivity index (χ0n) is 19.3. The molecular weight excluding hydrogens is 426 g/mol. The molecule has 3 aromatic rings. The molecule has 7 nitrogen and oxygen atoms in total. The lowest BCUT2D eigenvalue weighted by Crippen LogP contribution is -2.32. The predicted octanol–water partition coefficient (Wildman–Crippen LogP) is 4.92. The summed E-state index contributed by atoms with van der Waals surface area (Å²) in [7, 11) is 0. The molecule has 3 fully saturated rings. The van der Waals surface area contributed by atoms with Crippen molar-refractivity contribution < 1.29 is 9.90 Å². The smallest absolute Gasteiger partial charge is 0.337 e. The maximum atomic E-state index is 11.7. The number of nitrogens with one attached hydrogen (secondary N) is 1. The van der Waals surface area contributed by atoms with E-state index in [1.807, 2.05) is 26.0 Å². The van der Waals surface area contributed by atoms with Gasteiger partial charge in [-0.05, 0) is 74.6 Å². The van der Waals surface area contributed by atoms with Gasteiger partial charge in [-0.25, -0.2) is 14.8 Å². The van der Waals surface area contributed by atoms with E-state index in [0.29, 0.717) is 34.7 Å². The molecule has 2 heterocycles. The molecule has 172 valence electrons. The third-order valence-electron chi connectivity index (χ3n) is 8.05. The summed E-state index contributed by atoms with van der Waals surface area (Å²) in [6.07, 6.45) is 3.80. The van der Waals surface area contributed by atoms with E-state index in [1.54, 1.807) is 18.2 Å². The molecule has 2 saturated carbocycles. The SMILES string of the molecule is Cc1cc([C@@H](C)Nc2ccccc2C(=O)O)c2nc(N3CC4CC5CC4C3C5)c(C#N)nc2c1. The van der Waals surface area contributed by atoms with Crippen LogP contribution in [0.5, 0.6) is 0 Å². The van der Waals surface area contributed by atoms with Crippen molar-refractivity contribution in [3.63, 3.8) is 0 Å². The van der Waals surface area contributed by atoms with Crippen LogP contribution in [0.1, 0.15) is 59.4 Å². The van der Waals surface area contributed by atoms with Crippen LogP contribution in [-0.2, 0) is 0 Å². The Labute approximate surface area is 198 Å². The van der Waals surface area contributed by atoms with Crippen molar-refractivity contribution >= 4 is 28.5 Å². The first-order valence-corrected chi connectivity index (χ1v) is 12.0. The van der Waals surface area contributed by atoms with Crippen molar-refractivity contribution in [2.75, 3.05) is 16.8 Å². The first-order chi connectivity index (χ1) is 16.4. The van der Waals surface area contributed by atoms with E-state index >= 15 is 0 Å². The number of nitriles is 1. The summed E-state index contributed by atoms with van der Waals surface area (Å²) < 4.78 is 0. The highest BCUT2D eigenvalue weighted by Crippen LogP contribution is 2.55. The molecule has 7 heteroatoms. The van der Waals surface area contributed by atoms with E-state index in [1.165, 1.54) is 19.3 Å². The zero-order chi connectivity index (χ0) is 23.6. The van der Waals surface area contributed by atoms with Crippen LogP contribution >= 0.6 is 0 Å². The van der Waals surface area contributed by atoms with Crippen molar-refractivity contribution in [1.29, 1.82) is 5.26 Å². The van der Waals surface area contributed by atoms with Crippen molar-refractivity contribution in [3.05, 3.63) is 58.8 Å². The fourth-order valence-corrected chi connectivity index (χ4v) is 6.69. The Kier molecular flexibility index (Phi) is 4.73. The molecule has 2 bridgehead atoms. The molecule has 6 rings (SSSR count). The second-order valence-corrected chi connectivity index (χ2v) is 10.2. The van der Waals surface area contributed by atoms with Crippen molar-refractivity contribution in [2.24, 2.45) is 17.8 Å². The minimum atomic E-state index is -0.969. The van der Waals surface area contributed by atoms with Crippen LogP contribution in [0.2, 0.25) is 0 Å². The number of aromatic carboxylic acids is 1. The third-order valence-corrected chi connectivity index (χ3v) is 8.05. The van der Waals surface area contributed by atoms with Crippen LogP contribution in [0.25, 0.3) is 11.0 Å². The molecule has 2 aromatic carbocycles. The molecule has 0 amide bonds. The van der Waals surface area contributed by atoms with Crippen molar-refractivity contribution in [1.82, 2.24) is 9.97 Å². The second kappa shape index (κ2) is 7.69. The topological polar surface area (TPSA) is 102 Å². The average Bonchev–Trinajstić information content (AvgIpc) is 3.46. The largest absolute Gasteiger partial charge is 0.478 e. The number of nitrogens with zero attached hydrogens (tertiary/aromatic N) is 4. The van der Waals surface area contributed by atoms with Gasteiger partial charge in [-0.2, -0.15) is 5.26 Å². The average molecular weight is 454 g/mol. The summed E-state index contributed by atoms with van der Waals surface area (Å²) in [5, 5.41) is 22.9. The van der Waals surface area contributed by atoms with Gasteiger partial charge in [-0.15, -0.1) is 0 Å². The Bertz CT molecular complexity index is 1360. The molecule has 34 heavy (non-hydrogen) atoms. The van der Waals surface area contributed by atoms with Gasteiger partial charge < -0.3 is 15.3 Å². The van der Waals surface area contributed by atoms with Gasteiger partial charge in [0.05, 0.1) is 22.6 Å². The number of carboxylic acids is 1. The maximum Gasteiger partial charge on any atom is 0.337 e. The van der Waals surface area contributed by atoms with E-state index in [-0.39, 0.29) is 11.6 Å². The van der Waals surface area contributed by atoms with Gasteiger partial charge in [-0.1, -0.05) is 18.2 Å². The van der Waals surface area contributed by atoms with Gasteiger partial charge in [-0.3, -0.25) is 0 Å². The Balaban J connectivity index is 1.43. The Morgan fingerprint density at radius 1 is 1.24 bits per heavy atom. The van der Waals surface area contributed by atoms with Crippen LogP contribution in [0, 0.1) is 36.0 Å². The van der Waals surface area contributed by atoms with Gasteiger partial charge in [0.15, 0.2) is 11.5 Å². The summed E-state index contributed by atoms with van der Waals surface area (Å²) in [4.78, 5) is 23.9. The monoisotopic (exact) mass is 453 g/mol. The summed E-state index contributed by atoms with van der Waals surface area (Å²) in [5.41, 5.74) is 4.61. The lowest BCUT2D eigenvalue weighted by molar-refractivity contribution is 0.0698. The van der Waals surface area contributed by atoms with Gasteiger partial charge in [0.2, 0.25) is 0 Å². The maximum absolute atomic E-state index is 11.7.